The van der Waals surface area contributed by atoms with E-state index >= 15 is 0 Å². The lowest BCUT2D eigenvalue weighted by Gasteiger charge is -2.15. The van der Waals surface area contributed by atoms with E-state index < -0.39 is 0 Å². The van der Waals surface area contributed by atoms with Gasteiger partial charge in [-0.15, -0.1) is 10.2 Å². The molecule has 0 unspecified atom stereocenters. The third-order valence-electron chi connectivity index (χ3n) is 4.61. The van der Waals surface area contributed by atoms with Gasteiger partial charge in [-0.2, -0.15) is 0 Å². The summed E-state index contributed by atoms with van der Waals surface area (Å²) in [5.41, 5.74) is 2.78. The second kappa shape index (κ2) is 9.09. The van der Waals surface area contributed by atoms with Gasteiger partial charge in [0.1, 0.15) is 6.29 Å². The van der Waals surface area contributed by atoms with Crippen molar-refractivity contribution < 1.29 is 9.21 Å². The third-order valence-corrected chi connectivity index (χ3v) is 4.61. The van der Waals surface area contributed by atoms with E-state index in [-0.39, 0.29) is 0 Å². The number of unbranched alkanes of at least 4 members (excludes halogenated alkanes) is 2. The average molecular weight is 348 g/mol. The Balaban J connectivity index is 1.74. The molecule has 0 aliphatic carbocycles. The van der Waals surface area contributed by atoms with Gasteiger partial charge in [-0.05, 0) is 30.0 Å². The zero-order chi connectivity index (χ0) is 18.2. The Morgan fingerprint density at radius 3 is 2.46 bits per heavy atom. The van der Waals surface area contributed by atoms with Crippen molar-refractivity contribution >= 4 is 6.29 Å². The SMILES string of the molecule is CCCCC[C@@H](Cc1nnc(-c2ccc(C=O)cc2)o1)c1ccccc1. The van der Waals surface area contributed by atoms with Crippen LogP contribution in [0.2, 0.25) is 0 Å². The number of aldehydes is 1. The van der Waals surface area contributed by atoms with Crippen LogP contribution in [0.4, 0.5) is 0 Å². The second-order valence-electron chi connectivity index (χ2n) is 6.55. The first kappa shape index (κ1) is 18.1. The highest BCUT2D eigenvalue weighted by Crippen LogP contribution is 2.27. The second-order valence-corrected chi connectivity index (χ2v) is 6.55. The van der Waals surface area contributed by atoms with Crippen LogP contribution in [-0.2, 0) is 6.42 Å². The van der Waals surface area contributed by atoms with Gasteiger partial charge in [0.2, 0.25) is 11.8 Å². The molecule has 0 aliphatic heterocycles. The standard InChI is InChI=1S/C22H24N2O2/c1-2-3-5-10-20(18-8-6-4-7-9-18)15-21-23-24-22(26-21)19-13-11-17(16-25)12-14-19/h4,6-9,11-14,16,20H,2-3,5,10,15H2,1H3/t20-/m0/s1. The maximum Gasteiger partial charge on any atom is 0.247 e. The van der Waals surface area contributed by atoms with E-state index in [1.165, 1.54) is 24.8 Å². The highest BCUT2D eigenvalue weighted by molar-refractivity contribution is 5.75. The van der Waals surface area contributed by atoms with Crippen LogP contribution in [0.3, 0.4) is 0 Å². The first-order valence-corrected chi connectivity index (χ1v) is 9.23. The van der Waals surface area contributed by atoms with Gasteiger partial charge in [-0.1, -0.05) is 68.7 Å². The molecule has 0 N–H and O–H groups in total. The summed E-state index contributed by atoms with van der Waals surface area (Å²) in [6, 6.07) is 17.7. The summed E-state index contributed by atoms with van der Waals surface area (Å²) in [5.74, 6) is 1.54. The molecule has 26 heavy (non-hydrogen) atoms. The minimum absolute atomic E-state index is 0.383. The summed E-state index contributed by atoms with van der Waals surface area (Å²) in [5, 5.41) is 8.42. The Kier molecular flexibility index (Phi) is 6.31. The molecule has 0 spiro atoms. The van der Waals surface area contributed by atoms with Gasteiger partial charge >= 0.3 is 0 Å². The van der Waals surface area contributed by atoms with Gasteiger partial charge in [-0.3, -0.25) is 4.79 Å². The molecular weight excluding hydrogens is 324 g/mol. The smallest absolute Gasteiger partial charge is 0.247 e. The van der Waals surface area contributed by atoms with Crippen LogP contribution < -0.4 is 0 Å². The number of nitrogens with zero attached hydrogens (tertiary/aromatic N) is 2. The van der Waals surface area contributed by atoms with Crippen molar-refractivity contribution in [2.24, 2.45) is 0 Å². The summed E-state index contributed by atoms with van der Waals surface area (Å²) in [7, 11) is 0. The Hall–Kier alpha value is -2.75. The number of hydrogen-bond donors (Lipinski definition) is 0. The van der Waals surface area contributed by atoms with Crippen LogP contribution in [-0.4, -0.2) is 16.5 Å². The molecule has 0 radical (unpaired) electrons. The van der Waals surface area contributed by atoms with Crippen LogP contribution in [0, 0.1) is 0 Å². The molecule has 134 valence electrons. The number of carbonyl (C=O) groups excluding carboxylic acids is 1. The van der Waals surface area contributed by atoms with Crippen molar-refractivity contribution in [1.82, 2.24) is 10.2 Å². The normalized spacial score (nSPS) is 12.0. The molecule has 4 heteroatoms. The van der Waals surface area contributed by atoms with Gasteiger partial charge in [0, 0.05) is 17.5 Å². The van der Waals surface area contributed by atoms with E-state index in [0.717, 1.165) is 24.7 Å². The minimum atomic E-state index is 0.383. The van der Waals surface area contributed by atoms with Crippen molar-refractivity contribution in [3.8, 4) is 11.5 Å². The lowest BCUT2D eigenvalue weighted by Crippen LogP contribution is -2.03. The number of hydrogen-bond acceptors (Lipinski definition) is 4. The number of carbonyl (C=O) groups is 1. The molecule has 3 aromatic rings. The highest BCUT2D eigenvalue weighted by atomic mass is 16.4. The van der Waals surface area contributed by atoms with Crippen LogP contribution in [0.15, 0.2) is 59.0 Å². The zero-order valence-electron chi connectivity index (χ0n) is 15.1. The molecule has 2 aromatic carbocycles. The van der Waals surface area contributed by atoms with Gasteiger partial charge < -0.3 is 4.42 Å². The monoisotopic (exact) mass is 348 g/mol. The van der Waals surface area contributed by atoms with Gasteiger partial charge in [0.15, 0.2) is 0 Å². The predicted molar refractivity (Wildman–Crippen MR) is 102 cm³/mol. The Labute approximate surface area is 154 Å². The topological polar surface area (TPSA) is 56.0 Å². The highest BCUT2D eigenvalue weighted by Gasteiger charge is 2.17. The predicted octanol–water partition coefficient (Wildman–Crippen LogP) is 5.46. The molecule has 1 aromatic heterocycles. The van der Waals surface area contributed by atoms with Crippen molar-refractivity contribution in [2.45, 2.75) is 44.9 Å². The summed E-state index contributed by atoms with van der Waals surface area (Å²) >= 11 is 0. The molecule has 3 rings (SSSR count). The zero-order valence-corrected chi connectivity index (χ0v) is 15.1. The summed E-state index contributed by atoms with van der Waals surface area (Å²) in [6.45, 7) is 2.22. The molecule has 0 fully saturated rings. The Morgan fingerprint density at radius 1 is 1.00 bits per heavy atom. The molecule has 1 heterocycles. The van der Waals surface area contributed by atoms with E-state index in [1.807, 2.05) is 18.2 Å². The molecule has 0 aliphatic rings. The fourth-order valence-corrected chi connectivity index (χ4v) is 3.12. The van der Waals surface area contributed by atoms with E-state index in [2.05, 4.69) is 41.4 Å². The first-order chi connectivity index (χ1) is 12.8. The van der Waals surface area contributed by atoms with E-state index in [1.54, 1.807) is 12.1 Å². The van der Waals surface area contributed by atoms with Gasteiger partial charge in [0.05, 0.1) is 0 Å². The van der Waals surface area contributed by atoms with Crippen molar-refractivity contribution in [3.05, 3.63) is 71.6 Å². The largest absolute Gasteiger partial charge is 0.421 e. The summed E-state index contributed by atoms with van der Waals surface area (Å²) in [6.07, 6.45) is 6.33. The fourth-order valence-electron chi connectivity index (χ4n) is 3.12. The lowest BCUT2D eigenvalue weighted by molar-refractivity contribution is 0.112. The molecule has 1 atom stereocenters. The third kappa shape index (κ3) is 4.66. The van der Waals surface area contributed by atoms with Crippen LogP contribution >= 0.6 is 0 Å². The van der Waals surface area contributed by atoms with Crippen LogP contribution in [0.5, 0.6) is 0 Å². The molecule has 0 amide bonds. The molecule has 0 saturated heterocycles. The molecular formula is C22H24N2O2. The maximum absolute atomic E-state index is 10.8. The van der Waals surface area contributed by atoms with Gasteiger partial charge in [-0.25, -0.2) is 0 Å². The number of aromatic nitrogens is 2. The van der Waals surface area contributed by atoms with E-state index in [0.29, 0.717) is 23.3 Å². The van der Waals surface area contributed by atoms with E-state index in [9.17, 15) is 4.79 Å². The average Bonchev–Trinajstić information content (AvgIpc) is 3.17. The molecule has 4 nitrogen and oxygen atoms in total. The quantitative estimate of drug-likeness (QED) is 0.381. The first-order valence-electron chi connectivity index (χ1n) is 9.23. The molecule has 0 bridgehead atoms. The summed E-state index contributed by atoms with van der Waals surface area (Å²) < 4.78 is 5.89. The van der Waals surface area contributed by atoms with E-state index in [4.69, 9.17) is 4.42 Å². The minimum Gasteiger partial charge on any atom is -0.421 e. The number of benzene rings is 2. The fraction of sp³-hybridized carbons (Fsp3) is 0.318. The van der Waals surface area contributed by atoms with Gasteiger partial charge in [0.25, 0.3) is 0 Å². The van der Waals surface area contributed by atoms with Crippen molar-refractivity contribution in [1.29, 1.82) is 0 Å². The Bertz CT molecular complexity index is 810. The maximum atomic E-state index is 10.8. The number of rotatable bonds is 9. The summed E-state index contributed by atoms with van der Waals surface area (Å²) in [4.78, 5) is 10.8. The molecule has 0 saturated carbocycles. The van der Waals surface area contributed by atoms with Crippen molar-refractivity contribution in [3.63, 3.8) is 0 Å². The lowest BCUT2D eigenvalue weighted by atomic mass is 9.90. The van der Waals surface area contributed by atoms with Crippen LogP contribution in [0.25, 0.3) is 11.5 Å². The van der Waals surface area contributed by atoms with Crippen LogP contribution in [0.1, 0.15) is 60.3 Å². The van der Waals surface area contributed by atoms with Crippen molar-refractivity contribution in [2.75, 3.05) is 0 Å². The Morgan fingerprint density at radius 2 is 1.77 bits per heavy atom.